The molecule has 148 valence electrons. The number of carboxylic acids is 1. The molecule has 0 saturated carbocycles. The molecular formula is C21H21F2NO4. The van der Waals surface area contributed by atoms with Gasteiger partial charge in [-0.05, 0) is 29.7 Å². The lowest BCUT2D eigenvalue weighted by Gasteiger charge is -2.16. The molecule has 0 bridgehead atoms. The van der Waals surface area contributed by atoms with Crippen LogP contribution in [0.3, 0.4) is 0 Å². The summed E-state index contributed by atoms with van der Waals surface area (Å²) in [6.07, 6.45) is 0.668. The van der Waals surface area contributed by atoms with Crippen molar-refractivity contribution in [1.82, 2.24) is 4.90 Å². The summed E-state index contributed by atoms with van der Waals surface area (Å²) < 4.78 is 28.7. The van der Waals surface area contributed by atoms with E-state index >= 15 is 0 Å². The highest BCUT2D eigenvalue weighted by molar-refractivity contribution is 5.80. The van der Waals surface area contributed by atoms with Gasteiger partial charge >= 0.3 is 12.6 Å². The van der Waals surface area contributed by atoms with E-state index in [9.17, 15) is 23.5 Å². The van der Waals surface area contributed by atoms with E-state index < -0.39 is 18.5 Å². The predicted octanol–water partition coefficient (Wildman–Crippen LogP) is 3.55. The molecule has 28 heavy (non-hydrogen) atoms. The van der Waals surface area contributed by atoms with Gasteiger partial charge < -0.3 is 14.7 Å². The first-order valence-corrected chi connectivity index (χ1v) is 9.03. The van der Waals surface area contributed by atoms with E-state index in [0.717, 1.165) is 11.1 Å². The lowest BCUT2D eigenvalue weighted by molar-refractivity contribution is -0.141. The fraction of sp³-hybridized carbons (Fsp3) is 0.333. The molecule has 1 amide bonds. The average Bonchev–Trinajstić information content (AvgIpc) is 3.13. The largest absolute Gasteiger partial charge is 0.481 e. The number of amides is 1. The zero-order valence-corrected chi connectivity index (χ0v) is 15.1. The normalized spacial score (nSPS) is 19.0. The third-order valence-corrected chi connectivity index (χ3v) is 4.99. The minimum atomic E-state index is -2.87. The highest BCUT2D eigenvalue weighted by Gasteiger charge is 2.40. The maximum atomic E-state index is 12.6. The Kier molecular flexibility index (Phi) is 6.23. The van der Waals surface area contributed by atoms with Gasteiger partial charge in [0.15, 0.2) is 0 Å². The van der Waals surface area contributed by atoms with E-state index in [1.165, 1.54) is 12.1 Å². The van der Waals surface area contributed by atoms with Crippen molar-refractivity contribution in [2.75, 3.05) is 13.1 Å². The van der Waals surface area contributed by atoms with Gasteiger partial charge in [0.05, 0.1) is 5.92 Å². The third-order valence-electron chi connectivity index (χ3n) is 4.99. The molecule has 1 N–H and O–H groups in total. The quantitative estimate of drug-likeness (QED) is 0.787. The van der Waals surface area contributed by atoms with Crippen LogP contribution in [0.5, 0.6) is 5.75 Å². The Labute approximate surface area is 161 Å². The van der Waals surface area contributed by atoms with Gasteiger partial charge in [0.25, 0.3) is 0 Å². The number of carbonyl (C=O) groups is 2. The first kappa shape index (κ1) is 19.8. The number of likely N-dealkylation sites (tertiary alicyclic amines) is 1. The number of alkyl halides is 2. The minimum Gasteiger partial charge on any atom is -0.481 e. The van der Waals surface area contributed by atoms with E-state index in [1.807, 2.05) is 30.3 Å². The van der Waals surface area contributed by atoms with Crippen LogP contribution in [0.15, 0.2) is 54.6 Å². The molecule has 3 rings (SSSR count). The van der Waals surface area contributed by atoms with E-state index in [1.54, 1.807) is 17.0 Å². The van der Waals surface area contributed by atoms with Crippen molar-refractivity contribution in [3.8, 4) is 5.75 Å². The number of nitrogens with zero attached hydrogens (tertiary/aromatic N) is 1. The van der Waals surface area contributed by atoms with Gasteiger partial charge in [0.1, 0.15) is 5.75 Å². The Hall–Kier alpha value is -2.96. The van der Waals surface area contributed by atoms with Crippen molar-refractivity contribution < 1.29 is 28.2 Å². The number of carbonyl (C=O) groups excluding carboxylic acids is 1. The minimum absolute atomic E-state index is 0.0691. The fourth-order valence-corrected chi connectivity index (χ4v) is 3.54. The van der Waals surface area contributed by atoms with Gasteiger partial charge in [-0.25, -0.2) is 0 Å². The third kappa shape index (κ3) is 4.85. The van der Waals surface area contributed by atoms with Crippen LogP contribution in [0.25, 0.3) is 0 Å². The van der Waals surface area contributed by atoms with Crippen LogP contribution in [0.1, 0.15) is 23.5 Å². The SMILES string of the molecule is O=C(O)C1CN(C(=O)CCc2ccc(OC(F)F)cc2)CC1c1ccccc1. The van der Waals surface area contributed by atoms with Gasteiger partial charge in [-0.1, -0.05) is 42.5 Å². The molecule has 0 aliphatic carbocycles. The smallest absolute Gasteiger partial charge is 0.387 e. The first-order chi connectivity index (χ1) is 13.4. The first-order valence-electron chi connectivity index (χ1n) is 9.03. The molecule has 2 atom stereocenters. The maximum absolute atomic E-state index is 12.6. The van der Waals surface area contributed by atoms with Crippen LogP contribution in [0.4, 0.5) is 8.78 Å². The van der Waals surface area contributed by atoms with Crippen LogP contribution in [0.2, 0.25) is 0 Å². The van der Waals surface area contributed by atoms with Crippen molar-refractivity contribution in [3.63, 3.8) is 0 Å². The topological polar surface area (TPSA) is 66.8 Å². The van der Waals surface area contributed by atoms with Gasteiger partial charge in [0, 0.05) is 25.4 Å². The second-order valence-electron chi connectivity index (χ2n) is 6.78. The number of benzene rings is 2. The summed E-state index contributed by atoms with van der Waals surface area (Å²) in [5, 5.41) is 9.54. The lowest BCUT2D eigenvalue weighted by atomic mass is 9.89. The number of carboxylic acid groups (broad SMARTS) is 1. The van der Waals surface area contributed by atoms with Crippen LogP contribution in [-0.4, -0.2) is 41.6 Å². The molecular weight excluding hydrogens is 368 g/mol. The number of rotatable bonds is 7. The Morgan fingerprint density at radius 2 is 1.75 bits per heavy atom. The predicted molar refractivity (Wildman–Crippen MR) is 98.3 cm³/mol. The number of aryl methyl sites for hydroxylation is 1. The lowest BCUT2D eigenvalue weighted by Crippen LogP contribution is -2.30. The molecule has 0 radical (unpaired) electrons. The Balaban J connectivity index is 1.59. The monoisotopic (exact) mass is 389 g/mol. The van der Waals surface area contributed by atoms with Crippen molar-refractivity contribution in [1.29, 1.82) is 0 Å². The Bertz CT molecular complexity index is 811. The molecule has 1 aliphatic rings. The van der Waals surface area contributed by atoms with Crippen LogP contribution >= 0.6 is 0 Å². The Morgan fingerprint density at radius 1 is 1.07 bits per heavy atom. The van der Waals surface area contributed by atoms with Crippen LogP contribution in [-0.2, 0) is 16.0 Å². The standard InChI is InChI=1S/C21H21F2NO4/c22-21(23)28-16-9-6-14(7-10-16)8-11-19(25)24-12-17(18(13-24)20(26)27)15-4-2-1-3-5-15/h1-7,9-10,17-18,21H,8,11-13H2,(H,26,27). The molecule has 1 fully saturated rings. The van der Waals surface area contributed by atoms with Gasteiger partial charge in [-0.3, -0.25) is 9.59 Å². The highest BCUT2D eigenvalue weighted by Crippen LogP contribution is 2.33. The summed E-state index contributed by atoms with van der Waals surface area (Å²) in [5.74, 6) is -1.80. The summed E-state index contributed by atoms with van der Waals surface area (Å²) in [5.41, 5.74) is 1.74. The summed E-state index contributed by atoms with van der Waals surface area (Å²) >= 11 is 0. The second kappa shape index (κ2) is 8.82. The zero-order chi connectivity index (χ0) is 20.1. The van der Waals surface area contributed by atoms with Crippen LogP contribution in [0, 0.1) is 5.92 Å². The van der Waals surface area contributed by atoms with Crippen molar-refractivity contribution in [2.24, 2.45) is 5.92 Å². The molecule has 1 aliphatic heterocycles. The number of hydrogen-bond acceptors (Lipinski definition) is 3. The number of hydrogen-bond donors (Lipinski definition) is 1. The van der Waals surface area contributed by atoms with Crippen LogP contribution < -0.4 is 4.74 Å². The zero-order valence-electron chi connectivity index (χ0n) is 15.1. The summed E-state index contributed by atoms with van der Waals surface area (Å²) in [7, 11) is 0. The summed E-state index contributed by atoms with van der Waals surface area (Å²) in [6.45, 7) is -2.31. The van der Waals surface area contributed by atoms with Crippen molar-refractivity contribution in [2.45, 2.75) is 25.4 Å². The number of aliphatic carboxylic acids is 1. The summed E-state index contributed by atoms with van der Waals surface area (Å²) in [4.78, 5) is 25.8. The number of ether oxygens (including phenoxy) is 1. The van der Waals surface area contributed by atoms with Gasteiger partial charge in [0.2, 0.25) is 5.91 Å². The molecule has 0 aromatic heterocycles. The van der Waals surface area contributed by atoms with Crippen molar-refractivity contribution in [3.05, 3.63) is 65.7 Å². The molecule has 7 heteroatoms. The Morgan fingerprint density at radius 3 is 2.36 bits per heavy atom. The molecule has 1 saturated heterocycles. The summed E-state index contributed by atoms with van der Waals surface area (Å²) in [6, 6.07) is 15.5. The number of halogens is 2. The van der Waals surface area contributed by atoms with E-state index in [2.05, 4.69) is 4.74 Å². The second-order valence-corrected chi connectivity index (χ2v) is 6.78. The van der Waals surface area contributed by atoms with E-state index in [-0.39, 0.29) is 30.5 Å². The highest BCUT2D eigenvalue weighted by atomic mass is 19.3. The molecule has 2 aromatic carbocycles. The molecule has 2 unspecified atom stereocenters. The van der Waals surface area contributed by atoms with Crippen molar-refractivity contribution >= 4 is 11.9 Å². The van der Waals surface area contributed by atoms with E-state index in [4.69, 9.17) is 0 Å². The molecule has 2 aromatic rings. The maximum Gasteiger partial charge on any atom is 0.387 e. The molecule has 1 heterocycles. The molecule has 0 spiro atoms. The fourth-order valence-electron chi connectivity index (χ4n) is 3.54. The van der Waals surface area contributed by atoms with Gasteiger partial charge in [-0.15, -0.1) is 0 Å². The molecule has 5 nitrogen and oxygen atoms in total. The van der Waals surface area contributed by atoms with E-state index in [0.29, 0.717) is 13.0 Å². The average molecular weight is 389 g/mol. The van der Waals surface area contributed by atoms with Gasteiger partial charge in [-0.2, -0.15) is 8.78 Å².